The average Bonchev–Trinajstić information content (AvgIpc) is 3.34. The molecule has 0 bridgehead atoms. The average molecular weight is 339 g/mol. The maximum absolute atomic E-state index is 11.5. The van der Waals surface area contributed by atoms with E-state index in [-0.39, 0.29) is 18.2 Å². The van der Waals surface area contributed by atoms with E-state index in [0.717, 1.165) is 30.6 Å². The molecule has 126 valence electrons. The van der Waals surface area contributed by atoms with Gasteiger partial charge in [0.25, 0.3) is 0 Å². The topological polar surface area (TPSA) is 48.1 Å². The van der Waals surface area contributed by atoms with Crippen LogP contribution >= 0.6 is 11.6 Å². The summed E-state index contributed by atoms with van der Waals surface area (Å²) >= 11 is 6.10. The van der Waals surface area contributed by atoms with Crippen molar-refractivity contribution in [1.82, 2.24) is 0 Å². The second-order valence-corrected chi connectivity index (χ2v) is 5.86. The Balaban J connectivity index is 2.17. The summed E-state index contributed by atoms with van der Waals surface area (Å²) in [4.78, 5) is 11.5. The molecule has 4 nitrogen and oxygen atoms in total. The summed E-state index contributed by atoms with van der Waals surface area (Å²) in [5.41, 5.74) is 1.90. The van der Waals surface area contributed by atoms with Crippen LogP contribution in [-0.2, 0) is 19.0 Å². The van der Waals surface area contributed by atoms with Gasteiger partial charge in [0, 0.05) is 11.1 Å². The molecule has 0 spiro atoms. The summed E-state index contributed by atoms with van der Waals surface area (Å²) in [5, 5.41) is 0.623. The maximum atomic E-state index is 11.5. The van der Waals surface area contributed by atoms with Crippen LogP contribution in [0.15, 0.2) is 24.3 Å². The van der Waals surface area contributed by atoms with Gasteiger partial charge in [-0.2, -0.15) is 0 Å². The Bertz CT molecular complexity index is 552. The normalized spacial score (nSPS) is 18.1. The lowest BCUT2D eigenvalue weighted by Crippen LogP contribution is -2.10. The minimum Gasteiger partial charge on any atom is -0.463 e. The maximum Gasteiger partial charge on any atom is 0.330 e. The van der Waals surface area contributed by atoms with Gasteiger partial charge in [-0.25, -0.2) is 4.79 Å². The number of hydrogen-bond acceptors (Lipinski definition) is 4. The van der Waals surface area contributed by atoms with Crippen molar-refractivity contribution in [3.8, 4) is 0 Å². The number of ether oxygens (including phenoxy) is 3. The van der Waals surface area contributed by atoms with Gasteiger partial charge in [-0.05, 0) is 42.7 Å². The van der Waals surface area contributed by atoms with E-state index in [0.29, 0.717) is 18.2 Å². The van der Waals surface area contributed by atoms with Crippen molar-refractivity contribution in [1.29, 1.82) is 0 Å². The number of halogens is 1. The van der Waals surface area contributed by atoms with Gasteiger partial charge in [-0.1, -0.05) is 31.0 Å². The zero-order valence-electron chi connectivity index (χ0n) is 13.6. The fraction of sp³-hybridized carbons (Fsp3) is 0.500. The molecule has 1 aliphatic heterocycles. The molecular formula is C18H23ClO4. The largest absolute Gasteiger partial charge is 0.463 e. The second kappa shape index (κ2) is 9.06. The molecule has 0 aromatic heterocycles. The molecule has 0 amide bonds. The molecule has 0 N–H and O–H groups in total. The minimum absolute atomic E-state index is 0.0386. The highest BCUT2D eigenvalue weighted by Gasteiger charge is 2.25. The Morgan fingerprint density at radius 1 is 1.48 bits per heavy atom. The van der Waals surface area contributed by atoms with Crippen molar-refractivity contribution in [2.45, 2.75) is 38.9 Å². The van der Waals surface area contributed by atoms with Gasteiger partial charge in [0.1, 0.15) is 6.10 Å². The summed E-state index contributed by atoms with van der Waals surface area (Å²) in [6.45, 7) is 5.62. The fourth-order valence-corrected chi connectivity index (χ4v) is 2.49. The first-order chi connectivity index (χ1) is 11.1. The summed E-state index contributed by atoms with van der Waals surface area (Å²) in [7, 11) is 0. The molecular weight excluding hydrogens is 316 g/mol. The monoisotopic (exact) mass is 338 g/mol. The first-order valence-corrected chi connectivity index (χ1v) is 8.39. The van der Waals surface area contributed by atoms with Crippen LogP contribution in [0.25, 0.3) is 6.08 Å². The molecule has 0 radical (unpaired) electrons. The summed E-state index contributed by atoms with van der Waals surface area (Å²) < 4.78 is 16.1. The van der Waals surface area contributed by atoms with Gasteiger partial charge >= 0.3 is 5.97 Å². The molecule has 1 unspecified atom stereocenters. The van der Waals surface area contributed by atoms with E-state index in [2.05, 4.69) is 6.92 Å². The Hall–Kier alpha value is -1.36. The number of carbonyl (C=O) groups is 1. The highest BCUT2D eigenvalue weighted by Crippen LogP contribution is 2.30. The molecule has 0 saturated carbocycles. The highest BCUT2D eigenvalue weighted by atomic mass is 35.5. The summed E-state index contributed by atoms with van der Waals surface area (Å²) in [6.07, 6.45) is 5.24. The fourth-order valence-electron chi connectivity index (χ4n) is 2.31. The van der Waals surface area contributed by atoms with E-state index in [1.54, 1.807) is 13.0 Å². The van der Waals surface area contributed by atoms with E-state index < -0.39 is 0 Å². The number of esters is 1. The molecule has 5 heteroatoms. The first kappa shape index (κ1) is 18.0. The number of rotatable bonds is 9. The molecule has 1 fully saturated rings. The number of carbonyl (C=O) groups excluding carboxylic acids is 1. The van der Waals surface area contributed by atoms with E-state index in [9.17, 15) is 4.79 Å². The molecule has 1 aromatic rings. The molecule has 2 rings (SSSR count). The zero-order chi connectivity index (χ0) is 16.7. The van der Waals surface area contributed by atoms with Crippen LogP contribution < -0.4 is 0 Å². The Morgan fingerprint density at radius 2 is 2.26 bits per heavy atom. The van der Waals surface area contributed by atoms with Crippen molar-refractivity contribution < 1.29 is 19.0 Å². The van der Waals surface area contributed by atoms with E-state index >= 15 is 0 Å². The van der Waals surface area contributed by atoms with E-state index in [4.69, 9.17) is 25.8 Å². The van der Waals surface area contributed by atoms with Crippen LogP contribution in [0.4, 0.5) is 0 Å². The Morgan fingerprint density at radius 3 is 2.91 bits per heavy atom. The van der Waals surface area contributed by atoms with E-state index in [1.807, 2.05) is 18.2 Å². The highest BCUT2D eigenvalue weighted by molar-refractivity contribution is 6.30. The van der Waals surface area contributed by atoms with Crippen LogP contribution in [0.3, 0.4) is 0 Å². The molecule has 1 aromatic carbocycles. The zero-order valence-corrected chi connectivity index (χ0v) is 14.3. The third kappa shape index (κ3) is 5.98. The smallest absolute Gasteiger partial charge is 0.330 e. The van der Waals surface area contributed by atoms with Gasteiger partial charge in [0.2, 0.25) is 0 Å². The molecule has 23 heavy (non-hydrogen) atoms. The van der Waals surface area contributed by atoms with Crippen molar-refractivity contribution in [3.05, 3.63) is 40.4 Å². The lowest BCUT2D eigenvalue weighted by atomic mass is 9.98. The van der Waals surface area contributed by atoms with Crippen LogP contribution in [-0.4, -0.2) is 31.9 Å². The first-order valence-electron chi connectivity index (χ1n) is 8.01. The molecule has 1 saturated heterocycles. The minimum atomic E-state index is -0.363. The quantitative estimate of drug-likeness (QED) is 0.385. The van der Waals surface area contributed by atoms with Crippen molar-refractivity contribution >= 4 is 23.6 Å². The van der Waals surface area contributed by atoms with Gasteiger partial charge in [-0.3, -0.25) is 0 Å². The van der Waals surface area contributed by atoms with Crippen LogP contribution in [0.2, 0.25) is 5.02 Å². The lowest BCUT2D eigenvalue weighted by Gasteiger charge is -2.19. The Labute approximate surface area is 142 Å². The summed E-state index contributed by atoms with van der Waals surface area (Å²) in [5.74, 6) is -0.363. The third-order valence-electron chi connectivity index (χ3n) is 3.52. The van der Waals surface area contributed by atoms with Crippen LogP contribution in [0.5, 0.6) is 0 Å². The van der Waals surface area contributed by atoms with Crippen LogP contribution in [0.1, 0.15) is 43.9 Å². The van der Waals surface area contributed by atoms with Gasteiger partial charge in [0.15, 0.2) is 0 Å². The lowest BCUT2D eigenvalue weighted by molar-refractivity contribution is -0.137. The van der Waals surface area contributed by atoms with Gasteiger partial charge in [-0.15, -0.1) is 0 Å². The summed E-state index contributed by atoms with van der Waals surface area (Å²) in [6, 6.07) is 5.64. The van der Waals surface area contributed by atoms with Gasteiger partial charge < -0.3 is 14.2 Å². The number of hydrogen-bond donors (Lipinski definition) is 0. The second-order valence-electron chi connectivity index (χ2n) is 5.42. The Kier molecular flexibility index (Phi) is 7.09. The van der Waals surface area contributed by atoms with E-state index in [1.165, 1.54) is 6.08 Å². The SMILES string of the molecule is CCC[C@@H](OCC1CO1)c1ccc(Cl)cc1C=CC(=O)OCC. The van der Waals surface area contributed by atoms with Crippen LogP contribution in [0, 0.1) is 0 Å². The predicted molar refractivity (Wildman–Crippen MR) is 90.5 cm³/mol. The molecule has 2 atom stereocenters. The van der Waals surface area contributed by atoms with Crippen molar-refractivity contribution in [2.75, 3.05) is 19.8 Å². The third-order valence-corrected chi connectivity index (χ3v) is 3.75. The molecule has 1 heterocycles. The molecule has 0 aliphatic carbocycles. The standard InChI is InChI=1S/C18H23ClO4/c1-3-5-17(23-12-15-11-22-15)16-8-7-14(19)10-13(16)6-9-18(20)21-4-2/h6-10,15,17H,3-5,11-12H2,1-2H3/t15?,17-/m1/s1. The van der Waals surface area contributed by atoms with Crippen molar-refractivity contribution in [3.63, 3.8) is 0 Å². The molecule has 1 aliphatic rings. The number of benzene rings is 1. The number of epoxide rings is 1. The predicted octanol–water partition coefficient (Wildman–Crippen LogP) is 4.17. The van der Waals surface area contributed by atoms with Crippen molar-refractivity contribution in [2.24, 2.45) is 0 Å². The van der Waals surface area contributed by atoms with Gasteiger partial charge in [0.05, 0.1) is 25.9 Å².